The molecule has 0 unspecified atom stereocenters. The van der Waals surface area contributed by atoms with Crippen LogP contribution in [0.15, 0.2) is 81.8 Å². The molecule has 1 aliphatic carbocycles. The number of hydrogen-bond acceptors (Lipinski definition) is 6. The maximum atomic E-state index is 13.9. The van der Waals surface area contributed by atoms with E-state index in [1.54, 1.807) is 46.4 Å². The minimum Gasteiger partial charge on any atom is -0.341 e. The van der Waals surface area contributed by atoms with Crippen LogP contribution in [0.5, 0.6) is 0 Å². The third kappa shape index (κ3) is 5.15. The van der Waals surface area contributed by atoms with E-state index in [4.69, 9.17) is 16.6 Å². The van der Waals surface area contributed by atoms with Gasteiger partial charge in [-0.1, -0.05) is 47.6 Å². The average Bonchev–Trinajstić information content (AvgIpc) is 3.56. The first kappa shape index (κ1) is 27.9. The molecule has 0 aliphatic heterocycles. The van der Waals surface area contributed by atoms with Gasteiger partial charge < -0.3 is 4.57 Å². The first-order valence-electron chi connectivity index (χ1n) is 14.3. The molecule has 0 fully saturated rings. The Balaban J connectivity index is 1.13. The van der Waals surface area contributed by atoms with Crippen molar-refractivity contribution in [1.82, 2.24) is 19.5 Å². The molecule has 43 heavy (non-hydrogen) atoms. The van der Waals surface area contributed by atoms with Gasteiger partial charge in [0.15, 0.2) is 5.16 Å². The Morgan fingerprint density at radius 2 is 1.86 bits per heavy atom. The zero-order chi connectivity index (χ0) is 29.5. The highest BCUT2D eigenvalue weighted by molar-refractivity contribution is 7.99. The minimum atomic E-state index is -0.285. The van der Waals surface area contributed by atoms with Crippen LogP contribution in [0.4, 0.5) is 0 Å². The third-order valence-electron chi connectivity index (χ3n) is 7.89. The summed E-state index contributed by atoms with van der Waals surface area (Å²) in [5.41, 5.74) is 7.59. The van der Waals surface area contributed by atoms with Crippen LogP contribution in [-0.4, -0.2) is 32.0 Å². The Morgan fingerprint density at radius 3 is 2.70 bits per heavy atom. The molecule has 0 spiro atoms. The van der Waals surface area contributed by atoms with Crippen molar-refractivity contribution in [2.75, 3.05) is 5.75 Å². The third-order valence-corrected chi connectivity index (χ3v) is 10.3. The molecule has 6 aromatic rings. The predicted molar refractivity (Wildman–Crippen MR) is 178 cm³/mol. The molecule has 3 aromatic carbocycles. The van der Waals surface area contributed by atoms with Crippen LogP contribution in [0.25, 0.3) is 37.7 Å². The fraction of sp³-hybridized carbons (Fsp3) is 0.212. The first-order chi connectivity index (χ1) is 21.0. The number of aromatic nitrogens is 3. The monoisotopic (exact) mass is 625 g/mol. The number of halogens is 1. The van der Waals surface area contributed by atoms with Gasteiger partial charge in [-0.25, -0.2) is 10.4 Å². The Morgan fingerprint density at radius 1 is 1.07 bits per heavy atom. The maximum absolute atomic E-state index is 13.9. The van der Waals surface area contributed by atoms with E-state index in [0.29, 0.717) is 21.3 Å². The van der Waals surface area contributed by atoms with E-state index in [0.717, 1.165) is 53.6 Å². The van der Waals surface area contributed by atoms with E-state index >= 15 is 0 Å². The van der Waals surface area contributed by atoms with Gasteiger partial charge in [0.1, 0.15) is 4.83 Å². The van der Waals surface area contributed by atoms with Crippen LogP contribution in [0, 0.1) is 0 Å². The second-order valence-electron chi connectivity index (χ2n) is 10.5. The summed E-state index contributed by atoms with van der Waals surface area (Å²) in [6.45, 7) is 3.03. The van der Waals surface area contributed by atoms with Crippen LogP contribution in [-0.2, 0) is 24.2 Å². The number of aryl methyl sites for hydroxylation is 3. The fourth-order valence-electron chi connectivity index (χ4n) is 5.93. The number of carbonyl (C=O) groups excluding carboxylic acids is 1. The molecule has 0 bridgehead atoms. The highest BCUT2D eigenvalue weighted by Crippen LogP contribution is 2.35. The first-order valence-corrected chi connectivity index (χ1v) is 16.5. The Kier molecular flexibility index (Phi) is 7.55. The van der Waals surface area contributed by atoms with Crippen molar-refractivity contribution in [2.45, 2.75) is 44.3 Å². The summed E-state index contributed by atoms with van der Waals surface area (Å²) >= 11 is 8.96. The molecule has 3 heterocycles. The molecule has 1 N–H and O–H groups in total. The van der Waals surface area contributed by atoms with Crippen LogP contribution >= 0.6 is 34.7 Å². The summed E-state index contributed by atoms with van der Waals surface area (Å²) in [6.07, 6.45) is 5.74. The molecule has 7 nitrogen and oxygen atoms in total. The molecule has 1 aliphatic rings. The SMILES string of the molecule is CCn1c2ccccc2c2cc(C=NNC(=O)CSc3nc4sc5c(c4c(=O)n3-c3ccc(Cl)cc3)CCCC5)ccc21. The van der Waals surface area contributed by atoms with Crippen molar-refractivity contribution in [2.24, 2.45) is 5.10 Å². The standard InChI is InChI=1S/C33H28ClN5O2S2/c1-2-38-26-9-5-3-7-23(26)25-17-20(11-16-27(25)38)18-35-37-29(40)19-42-33-36-31-30(24-8-4-6-10-28(24)43-31)32(41)39(33)22-14-12-21(34)13-15-22/h3,5,7,9,11-18H,2,4,6,8,10,19H2,1H3,(H,37,40). The van der Waals surface area contributed by atoms with Gasteiger partial charge in [-0.3, -0.25) is 14.2 Å². The zero-order valence-corrected chi connectivity index (χ0v) is 25.9. The molecular weight excluding hydrogens is 598 g/mol. The van der Waals surface area contributed by atoms with E-state index < -0.39 is 0 Å². The van der Waals surface area contributed by atoms with Crippen LogP contribution in [0.2, 0.25) is 5.02 Å². The number of nitrogens with zero attached hydrogens (tertiary/aromatic N) is 4. The van der Waals surface area contributed by atoms with E-state index in [-0.39, 0.29) is 17.2 Å². The molecule has 1 amide bonds. The number of nitrogens with one attached hydrogen (secondary N) is 1. The van der Waals surface area contributed by atoms with Gasteiger partial charge in [-0.05, 0) is 86.2 Å². The Labute approximate surface area is 261 Å². The number of benzene rings is 3. The van der Waals surface area contributed by atoms with E-state index in [2.05, 4.69) is 52.3 Å². The molecule has 0 saturated carbocycles. The van der Waals surface area contributed by atoms with Crippen LogP contribution in [0.1, 0.15) is 35.8 Å². The minimum absolute atomic E-state index is 0.0526. The van der Waals surface area contributed by atoms with Crippen molar-refractivity contribution in [3.63, 3.8) is 0 Å². The van der Waals surface area contributed by atoms with Gasteiger partial charge in [0.2, 0.25) is 0 Å². The van der Waals surface area contributed by atoms with Crippen molar-refractivity contribution in [1.29, 1.82) is 0 Å². The number of hydrazone groups is 1. The molecule has 3 aromatic heterocycles. The van der Waals surface area contributed by atoms with Gasteiger partial charge in [0.05, 0.1) is 23.0 Å². The summed E-state index contributed by atoms with van der Waals surface area (Å²) < 4.78 is 3.90. The number of carbonyl (C=O) groups is 1. The lowest BCUT2D eigenvalue weighted by Gasteiger charge is -2.13. The van der Waals surface area contributed by atoms with Gasteiger partial charge in [-0.15, -0.1) is 11.3 Å². The maximum Gasteiger partial charge on any atom is 0.267 e. The lowest BCUT2D eigenvalue weighted by molar-refractivity contribution is -0.118. The number of para-hydroxylation sites is 1. The second-order valence-corrected chi connectivity index (χ2v) is 13.0. The average molecular weight is 626 g/mol. The van der Waals surface area contributed by atoms with Crippen molar-refractivity contribution < 1.29 is 4.79 Å². The summed E-state index contributed by atoms with van der Waals surface area (Å²) in [7, 11) is 0. The second kappa shape index (κ2) is 11.6. The molecule has 0 atom stereocenters. The topological polar surface area (TPSA) is 81.3 Å². The molecule has 0 saturated heterocycles. The summed E-state index contributed by atoms with van der Waals surface area (Å²) in [5.74, 6) is -0.232. The number of fused-ring (bicyclic) bond motifs is 6. The quantitative estimate of drug-likeness (QED) is 0.0870. The molecule has 7 rings (SSSR count). The normalized spacial score (nSPS) is 13.3. The van der Waals surface area contributed by atoms with Crippen LogP contribution < -0.4 is 11.0 Å². The van der Waals surface area contributed by atoms with Gasteiger partial charge in [0, 0.05) is 38.3 Å². The lowest BCUT2D eigenvalue weighted by Crippen LogP contribution is -2.24. The van der Waals surface area contributed by atoms with Crippen molar-refractivity contribution >= 4 is 78.8 Å². The largest absolute Gasteiger partial charge is 0.341 e. The van der Waals surface area contributed by atoms with Gasteiger partial charge >= 0.3 is 0 Å². The molecule has 216 valence electrons. The van der Waals surface area contributed by atoms with E-state index in [1.807, 2.05) is 12.1 Å². The Bertz CT molecular complexity index is 2110. The summed E-state index contributed by atoms with van der Waals surface area (Å²) in [6, 6.07) is 21.7. The number of thioether (sulfide) groups is 1. The summed E-state index contributed by atoms with van der Waals surface area (Å²) in [5, 5.41) is 8.32. The number of rotatable bonds is 7. The highest BCUT2D eigenvalue weighted by atomic mass is 35.5. The number of thiophene rings is 1. The van der Waals surface area contributed by atoms with Crippen molar-refractivity contribution in [3.8, 4) is 5.69 Å². The van der Waals surface area contributed by atoms with E-state index in [9.17, 15) is 9.59 Å². The zero-order valence-electron chi connectivity index (χ0n) is 23.5. The van der Waals surface area contributed by atoms with Gasteiger partial charge in [-0.2, -0.15) is 5.10 Å². The van der Waals surface area contributed by atoms with E-state index in [1.165, 1.54) is 33.1 Å². The Hall–Kier alpha value is -3.92. The van der Waals surface area contributed by atoms with Gasteiger partial charge in [0.25, 0.3) is 11.5 Å². The number of hydrogen-bond donors (Lipinski definition) is 1. The smallest absolute Gasteiger partial charge is 0.267 e. The number of amides is 1. The molecule has 0 radical (unpaired) electrons. The predicted octanol–water partition coefficient (Wildman–Crippen LogP) is 7.35. The van der Waals surface area contributed by atoms with Crippen LogP contribution in [0.3, 0.4) is 0 Å². The van der Waals surface area contributed by atoms with Crippen molar-refractivity contribution in [3.05, 3.63) is 98.1 Å². The highest BCUT2D eigenvalue weighted by Gasteiger charge is 2.23. The fourth-order valence-corrected chi connectivity index (χ4v) is 8.17. The molecular formula is C33H28ClN5O2S2. The lowest BCUT2D eigenvalue weighted by atomic mass is 9.97. The summed E-state index contributed by atoms with van der Waals surface area (Å²) in [4.78, 5) is 33.6. The molecule has 10 heteroatoms.